The predicted octanol–water partition coefficient (Wildman–Crippen LogP) is 3.51. The SMILES string of the molecule is Cc1cccc(C)c1NC(=O)CN(C(=O)CN1CCCC1=O)c1c(C)cccc1C. The van der Waals surface area contributed by atoms with E-state index in [0.29, 0.717) is 13.0 Å². The summed E-state index contributed by atoms with van der Waals surface area (Å²) in [5.74, 6) is -0.528. The molecule has 0 aromatic heterocycles. The Morgan fingerprint density at radius 2 is 1.53 bits per heavy atom. The fourth-order valence-electron chi connectivity index (χ4n) is 3.98. The molecule has 2 aromatic rings. The van der Waals surface area contributed by atoms with Crippen LogP contribution >= 0.6 is 0 Å². The normalized spacial score (nSPS) is 13.5. The van der Waals surface area contributed by atoms with Crippen molar-refractivity contribution in [2.45, 2.75) is 40.5 Å². The van der Waals surface area contributed by atoms with E-state index < -0.39 is 0 Å². The van der Waals surface area contributed by atoms with Crippen LogP contribution < -0.4 is 10.2 Å². The summed E-state index contributed by atoms with van der Waals surface area (Å²) in [4.78, 5) is 41.3. The lowest BCUT2D eigenvalue weighted by Crippen LogP contribution is -2.45. The minimum absolute atomic E-state index is 0.00945. The topological polar surface area (TPSA) is 69.7 Å². The first-order valence-electron chi connectivity index (χ1n) is 10.3. The minimum Gasteiger partial charge on any atom is -0.333 e. The van der Waals surface area contributed by atoms with Gasteiger partial charge in [0, 0.05) is 18.7 Å². The Morgan fingerprint density at radius 1 is 0.967 bits per heavy atom. The van der Waals surface area contributed by atoms with E-state index in [1.807, 2.05) is 64.1 Å². The molecular formula is C24H29N3O3. The van der Waals surface area contributed by atoms with Crippen molar-refractivity contribution in [2.24, 2.45) is 0 Å². The van der Waals surface area contributed by atoms with Gasteiger partial charge in [-0.3, -0.25) is 14.4 Å². The van der Waals surface area contributed by atoms with Crippen molar-refractivity contribution in [3.63, 3.8) is 0 Å². The molecule has 6 nitrogen and oxygen atoms in total. The molecule has 0 radical (unpaired) electrons. The van der Waals surface area contributed by atoms with Gasteiger partial charge in [0.1, 0.15) is 13.1 Å². The van der Waals surface area contributed by atoms with Crippen LogP contribution in [0.2, 0.25) is 0 Å². The summed E-state index contributed by atoms with van der Waals surface area (Å²) < 4.78 is 0. The molecule has 2 aromatic carbocycles. The fourth-order valence-corrected chi connectivity index (χ4v) is 3.98. The van der Waals surface area contributed by atoms with E-state index in [9.17, 15) is 14.4 Å². The van der Waals surface area contributed by atoms with Crippen LogP contribution in [0.5, 0.6) is 0 Å². The number of carbonyl (C=O) groups excluding carboxylic acids is 3. The molecule has 1 N–H and O–H groups in total. The van der Waals surface area contributed by atoms with Gasteiger partial charge in [-0.05, 0) is 56.4 Å². The molecular weight excluding hydrogens is 378 g/mol. The average Bonchev–Trinajstić information content (AvgIpc) is 3.08. The monoisotopic (exact) mass is 407 g/mol. The van der Waals surface area contributed by atoms with Gasteiger partial charge < -0.3 is 15.1 Å². The lowest BCUT2D eigenvalue weighted by atomic mass is 10.1. The third-order valence-electron chi connectivity index (χ3n) is 5.56. The van der Waals surface area contributed by atoms with Crippen molar-refractivity contribution >= 4 is 29.1 Å². The highest BCUT2D eigenvalue weighted by atomic mass is 16.2. The Hall–Kier alpha value is -3.15. The van der Waals surface area contributed by atoms with E-state index in [1.54, 1.807) is 4.90 Å². The van der Waals surface area contributed by atoms with Crippen molar-refractivity contribution in [3.8, 4) is 0 Å². The minimum atomic E-state index is -0.267. The second-order valence-electron chi connectivity index (χ2n) is 7.95. The summed E-state index contributed by atoms with van der Waals surface area (Å²) in [6.07, 6.45) is 1.24. The van der Waals surface area contributed by atoms with Crippen LogP contribution in [0.15, 0.2) is 36.4 Å². The summed E-state index contributed by atoms with van der Waals surface area (Å²) in [5, 5.41) is 2.96. The molecule has 1 aliphatic rings. The number of amides is 3. The number of rotatable bonds is 6. The zero-order valence-corrected chi connectivity index (χ0v) is 18.1. The maximum Gasteiger partial charge on any atom is 0.247 e. The van der Waals surface area contributed by atoms with Crippen LogP contribution in [0.1, 0.15) is 35.1 Å². The molecule has 0 bridgehead atoms. The van der Waals surface area contributed by atoms with Crippen molar-refractivity contribution in [1.82, 2.24) is 4.90 Å². The maximum atomic E-state index is 13.2. The Morgan fingerprint density at radius 3 is 2.07 bits per heavy atom. The Balaban J connectivity index is 1.86. The molecule has 1 saturated heterocycles. The van der Waals surface area contributed by atoms with Crippen LogP contribution in [0.4, 0.5) is 11.4 Å². The number of para-hydroxylation sites is 2. The Kier molecular flexibility index (Phi) is 6.55. The molecule has 0 aliphatic carbocycles. The number of likely N-dealkylation sites (tertiary alicyclic amines) is 1. The molecule has 1 fully saturated rings. The van der Waals surface area contributed by atoms with Gasteiger partial charge in [-0.25, -0.2) is 0 Å². The third-order valence-corrected chi connectivity index (χ3v) is 5.56. The second-order valence-corrected chi connectivity index (χ2v) is 7.95. The number of hydrogen-bond donors (Lipinski definition) is 1. The number of nitrogens with zero attached hydrogens (tertiary/aromatic N) is 2. The van der Waals surface area contributed by atoms with Crippen LogP contribution in [0, 0.1) is 27.7 Å². The van der Waals surface area contributed by atoms with Crippen molar-refractivity contribution < 1.29 is 14.4 Å². The average molecular weight is 408 g/mol. The number of hydrogen-bond acceptors (Lipinski definition) is 3. The third kappa shape index (κ3) is 4.70. The van der Waals surface area contributed by atoms with E-state index in [-0.39, 0.29) is 30.8 Å². The lowest BCUT2D eigenvalue weighted by Gasteiger charge is -2.28. The van der Waals surface area contributed by atoms with Crippen LogP contribution in [-0.2, 0) is 14.4 Å². The number of benzene rings is 2. The Labute approximate surface area is 177 Å². The van der Waals surface area contributed by atoms with E-state index >= 15 is 0 Å². The maximum absolute atomic E-state index is 13.2. The van der Waals surface area contributed by atoms with Gasteiger partial charge in [-0.2, -0.15) is 0 Å². The largest absolute Gasteiger partial charge is 0.333 e. The molecule has 6 heteroatoms. The summed E-state index contributed by atoms with van der Waals surface area (Å²) >= 11 is 0. The van der Waals surface area contributed by atoms with Gasteiger partial charge >= 0.3 is 0 Å². The molecule has 3 amide bonds. The molecule has 0 saturated carbocycles. The van der Waals surface area contributed by atoms with E-state index in [1.165, 1.54) is 4.90 Å². The van der Waals surface area contributed by atoms with Crippen LogP contribution in [0.3, 0.4) is 0 Å². The van der Waals surface area contributed by atoms with Crippen LogP contribution in [-0.4, -0.2) is 42.3 Å². The molecule has 1 heterocycles. The molecule has 3 rings (SSSR count). The van der Waals surface area contributed by atoms with Gasteiger partial charge in [0.25, 0.3) is 0 Å². The van der Waals surface area contributed by atoms with Gasteiger partial charge in [-0.15, -0.1) is 0 Å². The molecule has 0 unspecified atom stereocenters. The highest BCUT2D eigenvalue weighted by Gasteiger charge is 2.28. The van der Waals surface area contributed by atoms with E-state index in [4.69, 9.17) is 0 Å². The van der Waals surface area contributed by atoms with E-state index in [0.717, 1.165) is 40.0 Å². The summed E-state index contributed by atoms with van der Waals surface area (Å²) in [5.41, 5.74) is 5.26. The molecule has 158 valence electrons. The summed E-state index contributed by atoms with van der Waals surface area (Å²) in [6, 6.07) is 11.6. The standard InChI is InChI=1S/C24H29N3O3/c1-16-8-5-9-17(2)23(16)25-20(28)14-27(24-18(3)10-6-11-19(24)4)22(30)15-26-13-7-12-21(26)29/h5-6,8-11H,7,12-15H2,1-4H3,(H,25,28). The van der Waals surface area contributed by atoms with Crippen LogP contribution in [0.25, 0.3) is 0 Å². The molecule has 30 heavy (non-hydrogen) atoms. The van der Waals surface area contributed by atoms with Gasteiger partial charge in [0.05, 0.1) is 5.69 Å². The van der Waals surface area contributed by atoms with Gasteiger partial charge in [-0.1, -0.05) is 36.4 Å². The predicted molar refractivity (Wildman–Crippen MR) is 119 cm³/mol. The highest BCUT2D eigenvalue weighted by molar-refractivity contribution is 6.05. The fraction of sp³-hybridized carbons (Fsp3) is 0.375. The van der Waals surface area contributed by atoms with Gasteiger partial charge in [0.2, 0.25) is 17.7 Å². The molecule has 0 atom stereocenters. The van der Waals surface area contributed by atoms with E-state index in [2.05, 4.69) is 5.32 Å². The number of aryl methyl sites for hydroxylation is 4. The van der Waals surface area contributed by atoms with Crippen molar-refractivity contribution in [2.75, 3.05) is 29.9 Å². The number of nitrogens with one attached hydrogen (secondary N) is 1. The quantitative estimate of drug-likeness (QED) is 0.797. The first-order valence-corrected chi connectivity index (χ1v) is 10.3. The lowest BCUT2D eigenvalue weighted by molar-refractivity contribution is -0.132. The van der Waals surface area contributed by atoms with Crippen molar-refractivity contribution in [3.05, 3.63) is 58.7 Å². The Bertz CT molecular complexity index is 943. The van der Waals surface area contributed by atoms with Gasteiger partial charge in [0.15, 0.2) is 0 Å². The smallest absolute Gasteiger partial charge is 0.247 e. The van der Waals surface area contributed by atoms with Crippen molar-refractivity contribution in [1.29, 1.82) is 0 Å². The summed E-state index contributed by atoms with van der Waals surface area (Å²) in [7, 11) is 0. The summed E-state index contributed by atoms with van der Waals surface area (Å²) in [6.45, 7) is 8.19. The number of carbonyl (C=O) groups is 3. The molecule has 0 spiro atoms. The first-order chi connectivity index (χ1) is 14.3. The highest BCUT2D eigenvalue weighted by Crippen LogP contribution is 2.26. The second kappa shape index (κ2) is 9.11. The number of anilines is 2. The zero-order chi connectivity index (χ0) is 21.8. The zero-order valence-electron chi connectivity index (χ0n) is 18.1. The first kappa shape index (κ1) is 21.6. The molecule has 1 aliphatic heterocycles.